The third kappa shape index (κ3) is 3.17. The number of rotatable bonds is 5. The van der Waals surface area contributed by atoms with Crippen molar-refractivity contribution in [3.63, 3.8) is 0 Å². The summed E-state index contributed by atoms with van der Waals surface area (Å²) < 4.78 is 0. The first-order valence-electron chi connectivity index (χ1n) is 5.30. The predicted molar refractivity (Wildman–Crippen MR) is 65.0 cm³/mol. The Bertz CT molecular complexity index is 446. The Morgan fingerprint density at radius 2 is 2.24 bits per heavy atom. The Kier molecular flexibility index (Phi) is 4.03. The van der Waals surface area contributed by atoms with E-state index in [1.54, 1.807) is 0 Å². The molecule has 6 heteroatoms. The topological polar surface area (TPSA) is 98.3 Å². The van der Waals surface area contributed by atoms with E-state index >= 15 is 0 Å². The Morgan fingerprint density at radius 1 is 1.59 bits per heavy atom. The van der Waals surface area contributed by atoms with Gasteiger partial charge in [0.2, 0.25) is 5.91 Å². The summed E-state index contributed by atoms with van der Waals surface area (Å²) in [5.41, 5.74) is 5.47. The van der Waals surface area contributed by atoms with E-state index in [1.807, 2.05) is 13.8 Å². The van der Waals surface area contributed by atoms with Crippen LogP contribution in [0.2, 0.25) is 0 Å². The summed E-state index contributed by atoms with van der Waals surface area (Å²) in [6.07, 6.45) is 0.842. The van der Waals surface area contributed by atoms with Crippen molar-refractivity contribution >= 4 is 17.3 Å². The number of carbonyl (C=O) groups is 1. The highest BCUT2D eigenvalue weighted by atomic mass is 16.6. The summed E-state index contributed by atoms with van der Waals surface area (Å²) >= 11 is 0. The van der Waals surface area contributed by atoms with Crippen LogP contribution in [-0.2, 0) is 0 Å². The van der Waals surface area contributed by atoms with Gasteiger partial charge in [0.1, 0.15) is 5.69 Å². The fraction of sp³-hybridized carbons (Fsp3) is 0.364. The minimum absolute atomic E-state index is 0.119. The second kappa shape index (κ2) is 5.29. The Balaban J connectivity index is 3.13. The molecule has 92 valence electrons. The van der Waals surface area contributed by atoms with Crippen LogP contribution in [0.15, 0.2) is 18.2 Å². The van der Waals surface area contributed by atoms with E-state index in [0.717, 1.165) is 6.42 Å². The average molecular weight is 237 g/mol. The highest BCUT2D eigenvalue weighted by Gasteiger charge is 2.17. The van der Waals surface area contributed by atoms with Crippen LogP contribution in [0.5, 0.6) is 0 Å². The lowest BCUT2D eigenvalue weighted by atomic mass is 10.1. The Morgan fingerprint density at radius 3 is 2.71 bits per heavy atom. The molecule has 0 bridgehead atoms. The van der Waals surface area contributed by atoms with E-state index in [2.05, 4.69) is 5.32 Å². The fourth-order valence-electron chi connectivity index (χ4n) is 1.33. The third-order valence-electron chi connectivity index (χ3n) is 2.49. The molecular weight excluding hydrogens is 222 g/mol. The van der Waals surface area contributed by atoms with Crippen molar-refractivity contribution < 1.29 is 9.72 Å². The molecule has 0 fully saturated rings. The molecule has 1 aromatic rings. The quantitative estimate of drug-likeness (QED) is 0.603. The summed E-state index contributed by atoms with van der Waals surface area (Å²) in [6.45, 7) is 3.90. The van der Waals surface area contributed by atoms with Gasteiger partial charge in [-0.1, -0.05) is 6.92 Å². The molecule has 0 saturated heterocycles. The second-order valence-electron chi connectivity index (χ2n) is 3.81. The number of anilines is 1. The summed E-state index contributed by atoms with van der Waals surface area (Å²) in [5.74, 6) is -0.678. The maximum absolute atomic E-state index is 10.9. The van der Waals surface area contributed by atoms with Crippen LogP contribution in [-0.4, -0.2) is 16.9 Å². The zero-order valence-electron chi connectivity index (χ0n) is 9.77. The lowest BCUT2D eigenvalue weighted by Gasteiger charge is -2.13. The molecule has 6 nitrogen and oxygen atoms in total. The van der Waals surface area contributed by atoms with E-state index in [-0.39, 0.29) is 17.3 Å². The number of nitrogens with two attached hydrogens (primary N) is 1. The van der Waals surface area contributed by atoms with Crippen LogP contribution < -0.4 is 11.1 Å². The van der Waals surface area contributed by atoms with Gasteiger partial charge in [0.25, 0.3) is 5.69 Å². The van der Waals surface area contributed by atoms with Crippen LogP contribution in [0.25, 0.3) is 0 Å². The number of benzene rings is 1. The van der Waals surface area contributed by atoms with E-state index in [0.29, 0.717) is 5.69 Å². The molecule has 0 saturated carbocycles. The van der Waals surface area contributed by atoms with Crippen molar-refractivity contribution in [2.45, 2.75) is 26.3 Å². The SMILES string of the molecule is CC[C@H](C)Nc1ccc(C(N)=O)cc1[N+](=O)[O-]. The normalized spacial score (nSPS) is 11.9. The molecule has 1 atom stereocenters. The average Bonchev–Trinajstić information content (AvgIpc) is 2.28. The van der Waals surface area contributed by atoms with E-state index in [9.17, 15) is 14.9 Å². The fourth-order valence-corrected chi connectivity index (χ4v) is 1.33. The molecule has 0 spiro atoms. The molecule has 0 aromatic heterocycles. The van der Waals surface area contributed by atoms with Crippen LogP contribution in [0.1, 0.15) is 30.6 Å². The van der Waals surface area contributed by atoms with Crippen molar-refractivity contribution in [2.24, 2.45) is 5.73 Å². The third-order valence-corrected chi connectivity index (χ3v) is 2.49. The number of amides is 1. The summed E-state index contributed by atoms with van der Waals surface area (Å²) in [4.78, 5) is 21.3. The number of carbonyl (C=O) groups excluding carboxylic acids is 1. The molecule has 0 aliphatic carbocycles. The lowest BCUT2D eigenvalue weighted by molar-refractivity contribution is -0.384. The number of nitrogens with one attached hydrogen (secondary N) is 1. The number of hydrogen-bond donors (Lipinski definition) is 2. The number of nitro benzene ring substituents is 1. The molecule has 1 rings (SSSR count). The zero-order valence-corrected chi connectivity index (χ0v) is 9.77. The molecule has 1 aromatic carbocycles. The summed E-state index contributed by atoms with van der Waals surface area (Å²) in [7, 11) is 0. The number of nitrogens with zero attached hydrogens (tertiary/aromatic N) is 1. The molecule has 0 unspecified atom stereocenters. The molecule has 17 heavy (non-hydrogen) atoms. The standard InChI is InChI=1S/C11H15N3O3/c1-3-7(2)13-9-5-4-8(11(12)15)6-10(9)14(16)17/h4-7,13H,3H2,1-2H3,(H2,12,15)/t7-/m0/s1. The van der Waals surface area contributed by atoms with Gasteiger partial charge in [0, 0.05) is 17.7 Å². The van der Waals surface area contributed by atoms with Crippen LogP contribution >= 0.6 is 0 Å². The first-order chi connectivity index (χ1) is 7.95. The predicted octanol–water partition coefficient (Wildman–Crippen LogP) is 1.90. The van der Waals surface area contributed by atoms with Gasteiger partial charge in [-0.05, 0) is 25.5 Å². The molecule has 0 aliphatic rings. The summed E-state index contributed by atoms with van der Waals surface area (Å²) in [5, 5.41) is 13.9. The lowest BCUT2D eigenvalue weighted by Crippen LogP contribution is -2.16. The van der Waals surface area contributed by atoms with E-state index in [1.165, 1.54) is 18.2 Å². The van der Waals surface area contributed by atoms with Gasteiger partial charge in [-0.2, -0.15) is 0 Å². The summed E-state index contributed by atoms with van der Waals surface area (Å²) in [6, 6.07) is 4.28. The van der Waals surface area contributed by atoms with Crippen LogP contribution in [0, 0.1) is 10.1 Å². The van der Waals surface area contributed by atoms with Crippen molar-refractivity contribution in [1.29, 1.82) is 0 Å². The van der Waals surface area contributed by atoms with Gasteiger partial charge in [0.15, 0.2) is 0 Å². The highest BCUT2D eigenvalue weighted by Crippen LogP contribution is 2.26. The van der Waals surface area contributed by atoms with Crippen molar-refractivity contribution in [3.05, 3.63) is 33.9 Å². The zero-order chi connectivity index (χ0) is 13.0. The van der Waals surface area contributed by atoms with E-state index < -0.39 is 10.8 Å². The van der Waals surface area contributed by atoms with Gasteiger partial charge in [0.05, 0.1) is 4.92 Å². The van der Waals surface area contributed by atoms with Gasteiger partial charge >= 0.3 is 0 Å². The molecule has 0 radical (unpaired) electrons. The minimum Gasteiger partial charge on any atom is -0.377 e. The molecule has 0 aliphatic heterocycles. The Hall–Kier alpha value is -2.11. The largest absolute Gasteiger partial charge is 0.377 e. The van der Waals surface area contributed by atoms with Gasteiger partial charge in [-0.3, -0.25) is 14.9 Å². The van der Waals surface area contributed by atoms with Crippen molar-refractivity contribution in [2.75, 3.05) is 5.32 Å². The second-order valence-corrected chi connectivity index (χ2v) is 3.81. The van der Waals surface area contributed by atoms with Gasteiger partial charge in [-0.25, -0.2) is 0 Å². The first kappa shape index (κ1) is 13.0. The van der Waals surface area contributed by atoms with Gasteiger partial charge in [-0.15, -0.1) is 0 Å². The van der Waals surface area contributed by atoms with Crippen molar-refractivity contribution in [3.8, 4) is 0 Å². The number of primary amides is 1. The number of nitro groups is 1. The molecule has 1 amide bonds. The molecule has 0 heterocycles. The van der Waals surface area contributed by atoms with Crippen LogP contribution in [0.4, 0.5) is 11.4 Å². The smallest absolute Gasteiger partial charge is 0.293 e. The van der Waals surface area contributed by atoms with E-state index in [4.69, 9.17) is 5.73 Å². The van der Waals surface area contributed by atoms with Crippen molar-refractivity contribution in [1.82, 2.24) is 0 Å². The molecular formula is C11H15N3O3. The first-order valence-corrected chi connectivity index (χ1v) is 5.30. The maximum atomic E-state index is 10.9. The Labute approximate surface area is 99.0 Å². The van der Waals surface area contributed by atoms with Gasteiger partial charge < -0.3 is 11.1 Å². The molecule has 3 N–H and O–H groups in total. The minimum atomic E-state index is -0.678. The highest BCUT2D eigenvalue weighted by molar-refractivity contribution is 5.94. The van der Waals surface area contributed by atoms with Crippen LogP contribution in [0.3, 0.4) is 0 Å². The monoisotopic (exact) mass is 237 g/mol. The maximum Gasteiger partial charge on any atom is 0.293 e. The number of hydrogen-bond acceptors (Lipinski definition) is 4.